The molecule has 0 bridgehead atoms. The van der Waals surface area contributed by atoms with Crippen molar-refractivity contribution in [1.29, 1.82) is 0 Å². The predicted molar refractivity (Wildman–Crippen MR) is 58.5 cm³/mol. The van der Waals surface area contributed by atoms with Crippen molar-refractivity contribution in [3.63, 3.8) is 0 Å². The highest BCUT2D eigenvalue weighted by Gasteiger charge is 2.04. The number of aliphatic imine (C=N–C) groups is 1. The summed E-state index contributed by atoms with van der Waals surface area (Å²) in [4.78, 5) is 4.27. The molecular weight excluding hydrogens is 178 g/mol. The van der Waals surface area contributed by atoms with Crippen LogP contribution < -0.4 is 10.6 Å². The van der Waals surface area contributed by atoms with Crippen LogP contribution in [0, 0.1) is 0 Å². The molecule has 0 fully saturated rings. The number of hydrogen-bond acceptors (Lipinski definition) is 4. The van der Waals surface area contributed by atoms with Gasteiger partial charge in [-0.2, -0.15) is 0 Å². The van der Waals surface area contributed by atoms with Crippen LogP contribution in [-0.2, 0) is 4.74 Å². The first-order valence-corrected chi connectivity index (χ1v) is 4.99. The molecule has 4 nitrogen and oxygen atoms in total. The third-order valence-corrected chi connectivity index (χ3v) is 1.81. The zero-order valence-corrected chi connectivity index (χ0v) is 8.97. The fourth-order valence-electron chi connectivity index (χ4n) is 1.09. The molecule has 1 aliphatic heterocycles. The zero-order chi connectivity index (χ0) is 10.4. The fourth-order valence-corrected chi connectivity index (χ4v) is 1.09. The van der Waals surface area contributed by atoms with Gasteiger partial charge < -0.3 is 15.4 Å². The second-order valence-corrected chi connectivity index (χ2v) is 3.61. The van der Waals surface area contributed by atoms with Gasteiger partial charge in [0.1, 0.15) is 0 Å². The Morgan fingerprint density at radius 1 is 1.64 bits per heavy atom. The highest BCUT2D eigenvalue weighted by molar-refractivity contribution is 5.81. The highest BCUT2D eigenvalue weighted by atomic mass is 16.5. The summed E-state index contributed by atoms with van der Waals surface area (Å²) >= 11 is 0. The molecule has 0 unspecified atom stereocenters. The second kappa shape index (κ2) is 5.65. The Morgan fingerprint density at radius 3 is 3.00 bits per heavy atom. The van der Waals surface area contributed by atoms with E-state index < -0.39 is 0 Å². The van der Waals surface area contributed by atoms with Crippen molar-refractivity contribution in [1.82, 2.24) is 10.6 Å². The molecule has 0 amide bonds. The largest absolute Gasteiger partial charge is 0.377 e. The number of ether oxygens (including phenoxy) is 1. The molecule has 0 aromatic heterocycles. The van der Waals surface area contributed by atoms with Crippen LogP contribution in [-0.4, -0.2) is 38.3 Å². The Hall–Kier alpha value is -1.03. The first kappa shape index (κ1) is 11.0. The van der Waals surface area contributed by atoms with E-state index in [1.807, 2.05) is 13.8 Å². The number of guanidine groups is 1. The third-order valence-electron chi connectivity index (χ3n) is 1.81. The van der Waals surface area contributed by atoms with E-state index in [4.69, 9.17) is 4.74 Å². The van der Waals surface area contributed by atoms with Crippen molar-refractivity contribution in [3.05, 3.63) is 12.2 Å². The average molecular weight is 197 g/mol. The maximum atomic E-state index is 5.39. The molecule has 80 valence electrons. The van der Waals surface area contributed by atoms with E-state index in [-0.39, 0.29) is 6.10 Å². The van der Waals surface area contributed by atoms with E-state index in [0.29, 0.717) is 6.61 Å². The predicted octanol–water partition coefficient (Wildman–Crippen LogP) is 0.516. The molecule has 4 heteroatoms. The Kier molecular flexibility index (Phi) is 4.46. The van der Waals surface area contributed by atoms with Gasteiger partial charge >= 0.3 is 0 Å². The summed E-state index contributed by atoms with van der Waals surface area (Å²) in [6, 6.07) is 0. The van der Waals surface area contributed by atoms with Gasteiger partial charge in [-0.25, -0.2) is 4.99 Å². The topological polar surface area (TPSA) is 45.7 Å². The lowest BCUT2D eigenvalue weighted by Crippen LogP contribution is -2.42. The molecule has 0 saturated carbocycles. The Morgan fingerprint density at radius 2 is 2.43 bits per heavy atom. The van der Waals surface area contributed by atoms with Crippen LogP contribution in [0.2, 0.25) is 0 Å². The standard InChI is InChI=1S/C10H19N3O/c1-8(2)14-5-4-11-10-12-6-9(3)7-13-10/h8H,3-7H2,1-2H3,(H2,11,12,13). The van der Waals surface area contributed by atoms with E-state index >= 15 is 0 Å². The second-order valence-electron chi connectivity index (χ2n) is 3.61. The first-order chi connectivity index (χ1) is 6.68. The molecule has 14 heavy (non-hydrogen) atoms. The van der Waals surface area contributed by atoms with Gasteiger partial charge in [0.15, 0.2) is 5.96 Å². The van der Waals surface area contributed by atoms with Crippen LogP contribution in [0.3, 0.4) is 0 Å². The molecule has 0 radical (unpaired) electrons. The van der Waals surface area contributed by atoms with Gasteiger partial charge in [0.25, 0.3) is 0 Å². The van der Waals surface area contributed by atoms with Crippen LogP contribution >= 0.6 is 0 Å². The van der Waals surface area contributed by atoms with Crippen molar-refractivity contribution in [2.24, 2.45) is 4.99 Å². The van der Waals surface area contributed by atoms with E-state index in [1.54, 1.807) is 0 Å². The van der Waals surface area contributed by atoms with Crippen molar-refractivity contribution in [3.8, 4) is 0 Å². The molecule has 0 saturated heterocycles. The van der Waals surface area contributed by atoms with Gasteiger partial charge in [0.2, 0.25) is 0 Å². The molecule has 1 rings (SSSR count). The van der Waals surface area contributed by atoms with Gasteiger partial charge in [-0.1, -0.05) is 6.58 Å². The molecule has 0 aliphatic carbocycles. The summed E-state index contributed by atoms with van der Waals surface area (Å²) in [6.45, 7) is 10.9. The lowest BCUT2D eigenvalue weighted by molar-refractivity contribution is 0.0829. The minimum absolute atomic E-state index is 0.290. The van der Waals surface area contributed by atoms with Crippen LogP contribution in [0.4, 0.5) is 0 Å². The number of rotatable bonds is 4. The number of hydrogen-bond donors (Lipinski definition) is 2. The summed E-state index contributed by atoms with van der Waals surface area (Å²) in [7, 11) is 0. The quantitative estimate of drug-likeness (QED) is 0.510. The molecule has 2 N–H and O–H groups in total. The lowest BCUT2D eigenvalue weighted by Gasteiger charge is -2.17. The van der Waals surface area contributed by atoms with Gasteiger partial charge in [0.05, 0.1) is 19.3 Å². The Labute approximate surface area is 85.4 Å². The fraction of sp³-hybridized carbons (Fsp3) is 0.700. The van der Waals surface area contributed by atoms with Crippen LogP contribution in [0.15, 0.2) is 17.1 Å². The van der Waals surface area contributed by atoms with Crippen molar-refractivity contribution in [2.45, 2.75) is 20.0 Å². The summed E-state index contributed by atoms with van der Waals surface area (Å²) in [5.41, 5.74) is 1.12. The van der Waals surface area contributed by atoms with E-state index in [0.717, 1.165) is 31.2 Å². The Balaban J connectivity index is 2.10. The molecular formula is C10H19N3O. The SMILES string of the molecule is C=C1CN=C(NCCOC(C)C)NC1. The smallest absolute Gasteiger partial charge is 0.191 e. The monoisotopic (exact) mass is 197 g/mol. The Bertz CT molecular complexity index is 223. The van der Waals surface area contributed by atoms with Crippen molar-refractivity contribution in [2.75, 3.05) is 26.2 Å². The average Bonchev–Trinajstić information content (AvgIpc) is 2.15. The van der Waals surface area contributed by atoms with E-state index in [1.165, 1.54) is 0 Å². The first-order valence-electron chi connectivity index (χ1n) is 4.99. The maximum Gasteiger partial charge on any atom is 0.191 e. The van der Waals surface area contributed by atoms with Crippen LogP contribution in [0.25, 0.3) is 0 Å². The van der Waals surface area contributed by atoms with Gasteiger partial charge in [-0.3, -0.25) is 0 Å². The normalized spacial score (nSPS) is 16.5. The van der Waals surface area contributed by atoms with E-state index in [2.05, 4.69) is 22.2 Å². The molecule has 1 heterocycles. The molecule has 0 spiro atoms. The summed E-state index contributed by atoms with van der Waals surface area (Å²) < 4.78 is 5.39. The third kappa shape index (κ3) is 4.28. The van der Waals surface area contributed by atoms with Gasteiger partial charge in [-0.05, 0) is 19.4 Å². The van der Waals surface area contributed by atoms with Crippen LogP contribution in [0.1, 0.15) is 13.8 Å². The van der Waals surface area contributed by atoms with E-state index in [9.17, 15) is 0 Å². The summed E-state index contributed by atoms with van der Waals surface area (Å²) in [5, 5.41) is 6.31. The van der Waals surface area contributed by atoms with Gasteiger partial charge in [0, 0.05) is 13.1 Å². The summed E-state index contributed by atoms with van der Waals surface area (Å²) in [6.07, 6.45) is 0.290. The summed E-state index contributed by atoms with van der Waals surface area (Å²) in [5.74, 6) is 0.852. The molecule has 0 atom stereocenters. The van der Waals surface area contributed by atoms with Gasteiger partial charge in [-0.15, -0.1) is 0 Å². The zero-order valence-electron chi connectivity index (χ0n) is 8.97. The molecule has 0 aromatic rings. The van der Waals surface area contributed by atoms with Crippen molar-refractivity contribution >= 4 is 5.96 Å². The molecule has 1 aliphatic rings. The number of nitrogens with one attached hydrogen (secondary N) is 2. The maximum absolute atomic E-state index is 5.39. The minimum Gasteiger partial charge on any atom is -0.377 e. The minimum atomic E-state index is 0.290. The highest BCUT2D eigenvalue weighted by Crippen LogP contribution is 1.94. The number of nitrogens with zero attached hydrogens (tertiary/aromatic N) is 1. The van der Waals surface area contributed by atoms with Crippen LogP contribution in [0.5, 0.6) is 0 Å². The van der Waals surface area contributed by atoms with Crippen molar-refractivity contribution < 1.29 is 4.74 Å². The molecule has 0 aromatic carbocycles. The lowest BCUT2D eigenvalue weighted by atomic mass is 10.3.